The summed E-state index contributed by atoms with van der Waals surface area (Å²) in [5.41, 5.74) is 1.28. The van der Waals surface area contributed by atoms with Crippen molar-refractivity contribution < 1.29 is 4.74 Å². The van der Waals surface area contributed by atoms with Crippen LogP contribution in [0.15, 0.2) is 24.3 Å². The normalized spacial score (nSPS) is 18.9. The highest BCUT2D eigenvalue weighted by atomic mass is 16.5. The Morgan fingerprint density at radius 2 is 1.76 bits per heavy atom. The third-order valence-electron chi connectivity index (χ3n) is 3.44. The Balaban J connectivity index is 1.96. The van der Waals surface area contributed by atoms with Crippen molar-refractivity contribution >= 4 is 0 Å². The lowest BCUT2D eigenvalue weighted by molar-refractivity contribution is 0.00982. The van der Waals surface area contributed by atoms with Gasteiger partial charge in [0.15, 0.2) is 6.23 Å². The number of ether oxygens (including phenoxy) is 1. The van der Waals surface area contributed by atoms with E-state index in [1.165, 1.54) is 37.9 Å². The molecule has 0 saturated carbocycles. The summed E-state index contributed by atoms with van der Waals surface area (Å²) in [4.78, 5) is 2.48. The zero-order valence-corrected chi connectivity index (χ0v) is 11.0. The highest BCUT2D eigenvalue weighted by molar-refractivity contribution is 5.26. The minimum atomic E-state index is 0.248. The standard InChI is InChI=1S/C15H23NO/c1-3-15(16-11-5-4-6-12-16)17-14-9-7-13(2)8-10-14/h7-10,15H,3-6,11-12H2,1-2H3. The SMILES string of the molecule is CCC(Oc1ccc(C)cc1)N1CCCCC1. The van der Waals surface area contributed by atoms with E-state index in [-0.39, 0.29) is 6.23 Å². The van der Waals surface area contributed by atoms with Gasteiger partial charge in [-0.15, -0.1) is 0 Å². The van der Waals surface area contributed by atoms with Gasteiger partial charge in [0.25, 0.3) is 0 Å². The zero-order valence-electron chi connectivity index (χ0n) is 11.0. The van der Waals surface area contributed by atoms with Crippen molar-refractivity contribution in [2.24, 2.45) is 0 Å². The molecule has 0 aromatic heterocycles. The third kappa shape index (κ3) is 3.47. The molecule has 1 aliphatic heterocycles. The molecule has 0 N–H and O–H groups in total. The Morgan fingerprint density at radius 1 is 1.12 bits per heavy atom. The Morgan fingerprint density at radius 3 is 2.35 bits per heavy atom. The first kappa shape index (κ1) is 12.4. The predicted molar refractivity (Wildman–Crippen MR) is 71.3 cm³/mol. The summed E-state index contributed by atoms with van der Waals surface area (Å²) < 4.78 is 6.08. The lowest BCUT2D eigenvalue weighted by Crippen LogP contribution is -2.42. The Bertz CT molecular complexity index is 327. The van der Waals surface area contributed by atoms with Crippen LogP contribution in [0, 0.1) is 6.92 Å². The number of likely N-dealkylation sites (tertiary alicyclic amines) is 1. The van der Waals surface area contributed by atoms with Gasteiger partial charge >= 0.3 is 0 Å². The lowest BCUT2D eigenvalue weighted by atomic mass is 10.1. The summed E-state index contributed by atoms with van der Waals surface area (Å²) in [7, 11) is 0. The van der Waals surface area contributed by atoms with Crippen LogP contribution in [0.2, 0.25) is 0 Å². The van der Waals surface area contributed by atoms with E-state index in [1.54, 1.807) is 0 Å². The molecule has 1 atom stereocenters. The molecule has 0 radical (unpaired) electrons. The molecule has 1 aromatic rings. The highest BCUT2D eigenvalue weighted by Crippen LogP contribution is 2.19. The van der Waals surface area contributed by atoms with Crippen LogP contribution in [0.3, 0.4) is 0 Å². The third-order valence-corrected chi connectivity index (χ3v) is 3.44. The average molecular weight is 233 g/mol. The second kappa shape index (κ2) is 6.06. The van der Waals surface area contributed by atoms with Gasteiger partial charge in [-0.05, 0) is 38.3 Å². The molecule has 1 fully saturated rings. The van der Waals surface area contributed by atoms with Crippen molar-refractivity contribution in [3.05, 3.63) is 29.8 Å². The molecule has 1 unspecified atom stereocenters. The topological polar surface area (TPSA) is 12.5 Å². The van der Waals surface area contributed by atoms with Gasteiger partial charge in [-0.1, -0.05) is 31.0 Å². The number of aryl methyl sites for hydroxylation is 1. The summed E-state index contributed by atoms with van der Waals surface area (Å²) in [6, 6.07) is 8.36. The summed E-state index contributed by atoms with van der Waals surface area (Å²) in [5.74, 6) is 0.994. The van der Waals surface area contributed by atoms with Gasteiger partial charge in [-0.25, -0.2) is 0 Å². The van der Waals surface area contributed by atoms with E-state index in [9.17, 15) is 0 Å². The maximum Gasteiger partial charge on any atom is 0.152 e. The van der Waals surface area contributed by atoms with Crippen molar-refractivity contribution in [2.75, 3.05) is 13.1 Å². The van der Waals surface area contributed by atoms with Crippen LogP contribution < -0.4 is 4.74 Å². The molecule has 0 bridgehead atoms. The first-order valence-electron chi connectivity index (χ1n) is 6.77. The molecule has 1 aliphatic rings. The van der Waals surface area contributed by atoms with Gasteiger partial charge in [0, 0.05) is 13.1 Å². The van der Waals surface area contributed by atoms with Crippen molar-refractivity contribution in [1.82, 2.24) is 4.90 Å². The number of nitrogens with zero attached hydrogens (tertiary/aromatic N) is 1. The number of benzene rings is 1. The molecule has 2 rings (SSSR count). The first-order valence-corrected chi connectivity index (χ1v) is 6.77. The van der Waals surface area contributed by atoms with E-state index in [0.717, 1.165) is 12.2 Å². The van der Waals surface area contributed by atoms with Gasteiger partial charge in [0.05, 0.1) is 0 Å². The van der Waals surface area contributed by atoms with Gasteiger partial charge in [0.1, 0.15) is 5.75 Å². The molecule has 2 nitrogen and oxygen atoms in total. The Hall–Kier alpha value is -1.02. The van der Waals surface area contributed by atoms with E-state index < -0.39 is 0 Å². The summed E-state index contributed by atoms with van der Waals surface area (Å²) >= 11 is 0. The minimum absolute atomic E-state index is 0.248. The van der Waals surface area contributed by atoms with Crippen LogP contribution in [0.5, 0.6) is 5.75 Å². The monoisotopic (exact) mass is 233 g/mol. The number of rotatable bonds is 4. The molecule has 0 spiro atoms. The molecule has 17 heavy (non-hydrogen) atoms. The van der Waals surface area contributed by atoms with E-state index in [2.05, 4.69) is 43.0 Å². The van der Waals surface area contributed by atoms with E-state index >= 15 is 0 Å². The summed E-state index contributed by atoms with van der Waals surface area (Å²) in [6.45, 7) is 6.67. The lowest BCUT2D eigenvalue weighted by Gasteiger charge is -2.34. The molecule has 1 aromatic carbocycles. The molecule has 2 heteroatoms. The van der Waals surface area contributed by atoms with Crippen molar-refractivity contribution in [1.29, 1.82) is 0 Å². The molecular weight excluding hydrogens is 210 g/mol. The number of piperidine rings is 1. The summed E-state index contributed by atoms with van der Waals surface area (Å²) in [5, 5.41) is 0. The maximum atomic E-state index is 6.08. The molecule has 1 saturated heterocycles. The van der Waals surface area contributed by atoms with Crippen molar-refractivity contribution in [3.8, 4) is 5.75 Å². The van der Waals surface area contributed by atoms with Crippen LogP contribution in [0.1, 0.15) is 38.2 Å². The van der Waals surface area contributed by atoms with Crippen molar-refractivity contribution in [3.63, 3.8) is 0 Å². The van der Waals surface area contributed by atoms with Crippen LogP contribution in [-0.2, 0) is 0 Å². The first-order chi connectivity index (χ1) is 8.29. The fourth-order valence-electron chi connectivity index (χ4n) is 2.40. The van der Waals surface area contributed by atoms with Gasteiger partial charge < -0.3 is 4.74 Å². The minimum Gasteiger partial charge on any atom is -0.475 e. The van der Waals surface area contributed by atoms with E-state index in [4.69, 9.17) is 4.74 Å². The average Bonchev–Trinajstić information content (AvgIpc) is 2.39. The highest BCUT2D eigenvalue weighted by Gasteiger charge is 2.20. The molecule has 94 valence electrons. The molecule has 0 aliphatic carbocycles. The van der Waals surface area contributed by atoms with E-state index in [0.29, 0.717) is 0 Å². The fourth-order valence-corrected chi connectivity index (χ4v) is 2.40. The largest absolute Gasteiger partial charge is 0.475 e. The van der Waals surface area contributed by atoms with Crippen LogP contribution in [0.25, 0.3) is 0 Å². The van der Waals surface area contributed by atoms with E-state index in [1.807, 2.05) is 0 Å². The molecule has 1 heterocycles. The van der Waals surface area contributed by atoms with Gasteiger partial charge in [-0.3, -0.25) is 4.90 Å². The number of hydrogen-bond acceptors (Lipinski definition) is 2. The predicted octanol–water partition coefficient (Wildman–Crippen LogP) is 3.60. The van der Waals surface area contributed by atoms with Crippen molar-refractivity contribution in [2.45, 2.75) is 45.8 Å². The van der Waals surface area contributed by atoms with Crippen LogP contribution >= 0.6 is 0 Å². The van der Waals surface area contributed by atoms with Gasteiger partial charge in [-0.2, -0.15) is 0 Å². The smallest absolute Gasteiger partial charge is 0.152 e. The van der Waals surface area contributed by atoms with Crippen LogP contribution in [-0.4, -0.2) is 24.2 Å². The molecular formula is C15H23NO. The quantitative estimate of drug-likeness (QED) is 0.788. The Labute approximate surface area is 105 Å². The fraction of sp³-hybridized carbons (Fsp3) is 0.600. The maximum absolute atomic E-state index is 6.08. The number of hydrogen-bond donors (Lipinski definition) is 0. The van der Waals surface area contributed by atoms with Gasteiger partial charge in [0.2, 0.25) is 0 Å². The second-order valence-electron chi connectivity index (χ2n) is 4.89. The Kier molecular flexibility index (Phi) is 4.43. The molecule has 0 amide bonds. The summed E-state index contributed by atoms with van der Waals surface area (Å²) in [6.07, 6.45) is 5.30. The van der Waals surface area contributed by atoms with Crippen LogP contribution in [0.4, 0.5) is 0 Å². The zero-order chi connectivity index (χ0) is 12.1. The second-order valence-corrected chi connectivity index (χ2v) is 4.89.